The van der Waals surface area contributed by atoms with Crippen LogP contribution in [0.2, 0.25) is 0 Å². The van der Waals surface area contributed by atoms with Crippen molar-refractivity contribution in [2.75, 3.05) is 0 Å². The van der Waals surface area contributed by atoms with Gasteiger partial charge in [-0.25, -0.2) is 0 Å². The molecule has 1 aliphatic carbocycles. The van der Waals surface area contributed by atoms with E-state index in [0.29, 0.717) is 11.7 Å². The summed E-state index contributed by atoms with van der Waals surface area (Å²) in [5, 5.41) is 6.18. The molecule has 20 heavy (non-hydrogen) atoms. The Bertz CT molecular complexity index is 587. The van der Waals surface area contributed by atoms with Gasteiger partial charge in [-0.2, -0.15) is 4.98 Å². The van der Waals surface area contributed by atoms with Crippen LogP contribution in [0.5, 0.6) is 0 Å². The van der Waals surface area contributed by atoms with E-state index in [2.05, 4.69) is 45.7 Å². The highest BCUT2D eigenvalue weighted by Crippen LogP contribution is 2.38. The molecule has 0 aliphatic heterocycles. The Morgan fingerprint density at radius 1 is 1.50 bits per heavy atom. The van der Waals surface area contributed by atoms with E-state index in [1.807, 2.05) is 5.38 Å². The standard InChI is InChI=1S/C14H18IN3OS/c1-2-9-3-5-14(16,6-4-9)13-17-12(19-18-13)10-7-11(15)20-8-10/h7-9H,2-6,16H2,1H3. The van der Waals surface area contributed by atoms with E-state index < -0.39 is 5.54 Å². The minimum absolute atomic E-state index is 0.406. The van der Waals surface area contributed by atoms with Crippen LogP contribution < -0.4 is 5.73 Å². The third-order valence-electron chi connectivity index (χ3n) is 4.26. The molecule has 4 nitrogen and oxygen atoms in total. The molecule has 0 atom stereocenters. The first-order chi connectivity index (χ1) is 9.60. The second kappa shape index (κ2) is 5.73. The van der Waals surface area contributed by atoms with E-state index in [-0.39, 0.29) is 0 Å². The molecule has 6 heteroatoms. The zero-order chi connectivity index (χ0) is 14.2. The summed E-state index contributed by atoms with van der Waals surface area (Å²) in [4.78, 5) is 4.54. The number of rotatable bonds is 3. The highest BCUT2D eigenvalue weighted by Gasteiger charge is 2.37. The Morgan fingerprint density at radius 2 is 2.25 bits per heavy atom. The summed E-state index contributed by atoms with van der Waals surface area (Å²) < 4.78 is 6.61. The minimum Gasteiger partial charge on any atom is -0.334 e. The Kier molecular flexibility index (Phi) is 4.14. The van der Waals surface area contributed by atoms with Crippen LogP contribution in [0.4, 0.5) is 0 Å². The topological polar surface area (TPSA) is 64.9 Å². The van der Waals surface area contributed by atoms with Crippen LogP contribution >= 0.6 is 33.9 Å². The molecular formula is C14H18IN3OS. The fourth-order valence-corrected chi connectivity index (χ4v) is 4.11. The Labute approximate surface area is 136 Å². The molecule has 1 saturated carbocycles. The molecule has 1 aliphatic rings. The van der Waals surface area contributed by atoms with Crippen LogP contribution in [0.15, 0.2) is 16.0 Å². The van der Waals surface area contributed by atoms with Crippen LogP contribution in [0.25, 0.3) is 11.5 Å². The second-order valence-electron chi connectivity index (χ2n) is 5.57. The van der Waals surface area contributed by atoms with E-state index in [1.165, 1.54) is 9.30 Å². The maximum Gasteiger partial charge on any atom is 0.258 e. The predicted molar refractivity (Wildman–Crippen MR) is 88.4 cm³/mol. The summed E-state index contributed by atoms with van der Waals surface area (Å²) >= 11 is 3.96. The van der Waals surface area contributed by atoms with Gasteiger partial charge < -0.3 is 10.3 Å². The van der Waals surface area contributed by atoms with Crippen LogP contribution in [-0.4, -0.2) is 10.1 Å². The summed E-state index contributed by atoms with van der Waals surface area (Å²) in [6, 6.07) is 2.06. The zero-order valence-electron chi connectivity index (χ0n) is 11.4. The number of hydrogen-bond donors (Lipinski definition) is 1. The lowest BCUT2D eigenvalue weighted by Crippen LogP contribution is -2.41. The van der Waals surface area contributed by atoms with Crippen molar-refractivity contribution in [1.82, 2.24) is 10.1 Å². The van der Waals surface area contributed by atoms with Crippen LogP contribution in [0.1, 0.15) is 44.9 Å². The van der Waals surface area contributed by atoms with Gasteiger partial charge in [-0.15, -0.1) is 11.3 Å². The molecule has 1 fully saturated rings. The Hall–Kier alpha value is -0.470. The van der Waals surface area contributed by atoms with Crippen molar-refractivity contribution in [3.8, 4) is 11.5 Å². The lowest BCUT2D eigenvalue weighted by atomic mass is 9.76. The monoisotopic (exact) mass is 403 g/mol. The third kappa shape index (κ3) is 2.78. The summed E-state index contributed by atoms with van der Waals surface area (Å²) in [6.45, 7) is 2.25. The first kappa shape index (κ1) is 14.5. The molecule has 2 heterocycles. The van der Waals surface area contributed by atoms with Crippen molar-refractivity contribution in [3.63, 3.8) is 0 Å². The van der Waals surface area contributed by atoms with Gasteiger partial charge in [0.05, 0.1) is 14.0 Å². The quantitative estimate of drug-likeness (QED) is 0.782. The molecule has 2 aromatic rings. The van der Waals surface area contributed by atoms with Gasteiger partial charge in [-0.05, 0) is 60.3 Å². The van der Waals surface area contributed by atoms with Gasteiger partial charge in [-0.1, -0.05) is 18.5 Å². The number of nitrogens with two attached hydrogens (primary N) is 1. The molecule has 0 radical (unpaired) electrons. The van der Waals surface area contributed by atoms with Gasteiger partial charge in [-0.3, -0.25) is 0 Å². The fourth-order valence-electron chi connectivity index (χ4n) is 2.79. The van der Waals surface area contributed by atoms with Gasteiger partial charge in [0.25, 0.3) is 5.89 Å². The Balaban J connectivity index is 1.80. The summed E-state index contributed by atoms with van der Waals surface area (Å²) in [5.41, 5.74) is 7.09. The van der Waals surface area contributed by atoms with Crippen molar-refractivity contribution >= 4 is 33.9 Å². The fraction of sp³-hybridized carbons (Fsp3) is 0.571. The number of halogens is 1. The molecule has 0 amide bonds. The molecular weight excluding hydrogens is 385 g/mol. The maximum atomic E-state index is 6.51. The van der Waals surface area contributed by atoms with Crippen molar-refractivity contribution in [2.24, 2.45) is 11.7 Å². The summed E-state index contributed by atoms with van der Waals surface area (Å²) in [5.74, 6) is 2.06. The van der Waals surface area contributed by atoms with E-state index in [0.717, 1.165) is 37.2 Å². The highest BCUT2D eigenvalue weighted by atomic mass is 127. The first-order valence-corrected chi connectivity index (χ1v) is 8.94. The maximum absolute atomic E-state index is 6.51. The van der Waals surface area contributed by atoms with Gasteiger partial charge >= 0.3 is 0 Å². The third-order valence-corrected chi connectivity index (χ3v) is 6.05. The summed E-state index contributed by atoms with van der Waals surface area (Å²) in [6.07, 6.45) is 5.46. The van der Waals surface area contributed by atoms with Crippen molar-refractivity contribution in [2.45, 2.75) is 44.6 Å². The lowest BCUT2D eigenvalue weighted by Gasteiger charge is -2.34. The zero-order valence-corrected chi connectivity index (χ0v) is 14.4. The number of nitrogens with zero attached hydrogens (tertiary/aromatic N) is 2. The number of aromatic nitrogens is 2. The van der Waals surface area contributed by atoms with Crippen molar-refractivity contribution < 1.29 is 4.52 Å². The molecule has 2 aromatic heterocycles. The highest BCUT2D eigenvalue weighted by molar-refractivity contribution is 14.1. The van der Waals surface area contributed by atoms with Crippen molar-refractivity contribution in [1.29, 1.82) is 0 Å². The minimum atomic E-state index is -0.406. The van der Waals surface area contributed by atoms with E-state index in [4.69, 9.17) is 10.3 Å². The van der Waals surface area contributed by atoms with Crippen molar-refractivity contribution in [3.05, 3.63) is 20.2 Å². The average Bonchev–Trinajstić information content (AvgIpc) is 3.08. The molecule has 0 saturated heterocycles. The molecule has 0 bridgehead atoms. The summed E-state index contributed by atoms with van der Waals surface area (Å²) in [7, 11) is 0. The van der Waals surface area contributed by atoms with Crippen LogP contribution in [0, 0.1) is 8.80 Å². The second-order valence-corrected chi connectivity index (χ2v) is 8.38. The van der Waals surface area contributed by atoms with Crippen LogP contribution in [-0.2, 0) is 5.54 Å². The first-order valence-electron chi connectivity index (χ1n) is 6.98. The molecule has 3 rings (SSSR count). The molecule has 0 spiro atoms. The van der Waals surface area contributed by atoms with E-state index in [9.17, 15) is 0 Å². The normalized spacial score (nSPS) is 26.9. The van der Waals surface area contributed by atoms with Gasteiger partial charge in [0, 0.05) is 5.38 Å². The van der Waals surface area contributed by atoms with Gasteiger partial charge in [0.1, 0.15) is 0 Å². The molecule has 0 unspecified atom stereocenters. The molecule has 108 valence electrons. The smallest absolute Gasteiger partial charge is 0.258 e. The van der Waals surface area contributed by atoms with E-state index in [1.54, 1.807) is 11.3 Å². The van der Waals surface area contributed by atoms with Gasteiger partial charge in [0.2, 0.25) is 0 Å². The SMILES string of the molecule is CCC1CCC(N)(c2noc(-c3csc(I)c3)n2)CC1. The van der Waals surface area contributed by atoms with Crippen LogP contribution in [0.3, 0.4) is 0 Å². The average molecular weight is 403 g/mol. The Morgan fingerprint density at radius 3 is 2.85 bits per heavy atom. The lowest BCUT2D eigenvalue weighted by molar-refractivity contribution is 0.216. The van der Waals surface area contributed by atoms with Gasteiger partial charge in [0.15, 0.2) is 5.82 Å². The predicted octanol–water partition coefficient (Wildman–Crippen LogP) is 4.16. The number of hydrogen-bond acceptors (Lipinski definition) is 5. The molecule has 2 N–H and O–H groups in total. The van der Waals surface area contributed by atoms with E-state index >= 15 is 0 Å². The largest absolute Gasteiger partial charge is 0.334 e. The number of thiophene rings is 1. The molecule has 0 aromatic carbocycles.